The molecule has 1 atom stereocenters. The average molecular weight is 195 g/mol. The van der Waals surface area contributed by atoms with E-state index in [4.69, 9.17) is 5.73 Å². The minimum absolute atomic E-state index is 0.522. The Morgan fingerprint density at radius 3 is 3.14 bits per heavy atom. The third-order valence-electron chi connectivity index (χ3n) is 2.76. The Morgan fingerprint density at radius 2 is 2.50 bits per heavy atom. The van der Waals surface area contributed by atoms with Crippen LogP contribution in [0.3, 0.4) is 0 Å². The molecule has 1 fully saturated rings. The van der Waals surface area contributed by atoms with E-state index in [-0.39, 0.29) is 0 Å². The number of H-pyrrole nitrogens is 1. The SMILES string of the molecule is Cc1nc(CN2CCCC2CN)n[nH]1. The topological polar surface area (TPSA) is 70.8 Å². The van der Waals surface area contributed by atoms with Crippen molar-refractivity contribution in [2.24, 2.45) is 5.73 Å². The molecule has 14 heavy (non-hydrogen) atoms. The van der Waals surface area contributed by atoms with Crippen LogP contribution in [0, 0.1) is 6.92 Å². The van der Waals surface area contributed by atoms with Crippen molar-refractivity contribution in [3.05, 3.63) is 11.6 Å². The summed E-state index contributed by atoms with van der Waals surface area (Å²) in [5.74, 6) is 1.76. The summed E-state index contributed by atoms with van der Waals surface area (Å²) in [4.78, 5) is 6.66. The van der Waals surface area contributed by atoms with Crippen molar-refractivity contribution in [1.29, 1.82) is 0 Å². The molecule has 0 aliphatic carbocycles. The van der Waals surface area contributed by atoms with Gasteiger partial charge in [-0.15, -0.1) is 0 Å². The van der Waals surface area contributed by atoms with Crippen LogP contribution in [0.4, 0.5) is 0 Å². The lowest BCUT2D eigenvalue weighted by Crippen LogP contribution is -2.35. The molecule has 2 rings (SSSR count). The molecule has 3 N–H and O–H groups in total. The van der Waals surface area contributed by atoms with Crippen LogP contribution < -0.4 is 5.73 Å². The highest BCUT2D eigenvalue weighted by Gasteiger charge is 2.23. The zero-order valence-electron chi connectivity index (χ0n) is 8.53. The van der Waals surface area contributed by atoms with Gasteiger partial charge in [0.15, 0.2) is 5.82 Å². The molecule has 1 aromatic rings. The predicted octanol–water partition coefficient (Wildman–Crippen LogP) is 0.0362. The average Bonchev–Trinajstić information content (AvgIpc) is 2.76. The summed E-state index contributed by atoms with van der Waals surface area (Å²) < 4.78 is 0. The summed E-state index contributed by atoms with van der Waals surface area (Å²) >= 11 is 0. The van der Waals surface area contributed by atoms with Crippen LogP contribution in [0.2, 0.25) is 0 Å². The van der Waals surface area contributed by atoms with E-state index in [0.29, 0.717) is 6.04 Å². The van der Waals surface area contributed by atoms with E-state index in [0.717, 1.165) is 31.3 Å². The van der Waals surface area contributed by atoms with E-state index in [1.54, 1.807) is 0 Å². The van der Waals surface area contributed by atoms with E-state index in [1.165, 1.54) is 12.8 Å². The van der Waals surface area contributed by atoms with Gasteiger partial charge in [-0.1, -0.05) is 0 Å². The maximum atomic E-state index is 5.69. The number of aryl methyl sites for hydroxylation is 1. The van der Waals surface area contributed by atoms with Crippen molar-refractivity contribution >= 4 is 0 Å². The van der Waals surface area contributed by atoms with Crippen molar-refractivity contribution in [3.8, 4) is 0 Å². The molecule has 0 bridgehead atoms. The number of hydrogen-bond acceptors (Lipinski definition) is 4. The first-order valence-electron chi connectivity index (χ1n) is 5.11. The zero-order valence-corrected chi connectivity index (χ0v) is 8.53. The van der Waals surface area contributed by atoms with Crippen molar-refractivity contribution in [2.75, 3.05) is 13.1 Å². The van der Waals surface area contributed by atoms with Gasteiger partial charge in [-0.05, 0) is 26.3 Å². The molecule has 78 valence electrons. The summed E-state index contributed by atoms with van der Waals surface area (Å²) in [5, 5.41) is 6.99. The zero-order chi connectivity index (χ0) is 9.97. The molecular weight excluding hydrogens is 178 g/mol. The molecule has 1 aliphatic rings. The monoisotopic (exact) mass is 195 g/mol. The van der Waals surface area contributed by atoms with E-state index in [2.05, 4.69) is 20.1 Å². The van der Waals surface area contributed by atoms with Crippen LogP contribution in [0.25, 0.3) is 0 Å². The number of aromatic amines is 1. The minimum Gasteiger partial charge on any atom is -0.329 e. The summed E-state index contributed by atoms with van der Waals surface area (Å²) in [6.45, 7) is 4.60. The predicted molar refractivity (Wildman–Crippen MR) is 53.6 cm³/mol. The number of nitrogens with two attached hydrogens (primary N) is 1. The second-order valence-corrected chi connectivity index (χ2v) is 3.84. The summed E-state index contributed by atoms with van der Waals surface area (Å²) in [6, 6.07) is 0.522. The molecule has 0 aromatic carbocycles. The Kier molecular flexibility index (Phi) is 2.79. The smallest absolute Gasteiger partial charge is 0.164 e. The Hall–Kier alpha value is -0.940. The van der Waals surface area contributed by atoms with Crippen molar-refractivity contribution in [2.45, 2.75) is 32.4 Å². The first-order valence-corrected chi connectivity index (χ1v) is 5.11. The standard InChI is InChI=1S/C9H17N5/c1-7-11-9(13-12-7)6-14-4-2-3-8(14)5-10/h8H,2-6,10H2,1H3,(H,11,12,13). The van der Waals surface area contributed by atoms with Gasteiger partial charge in [-0.2, -0.15) is 5.10 Å². The van der Waals surface area contributed by atoms with Gasteiger partial charge < -0.3 is 5.73 Å². The van der Waals surface area contributed by atoms with Crippen LogP contribution in [-0.2, 0) is 6.54 Å². The first-order chi connectivity index (χ1) is 6.79. The number of hydrogen-bond donors (Lipinski definition) is 2. The second kappa shape index (κ2) is 4.06. The molecule has 1 aromatic heterocycles. The fourth-order valence-corrected chi connectivity index (χ4v) is 2.01. The molecule has 5 nitrogen and oxygen atoms in total. The highest BCUT2D eigenvalue weighted by Crippen LogP contribution is 2.17. The van der Waals surface area contributed by atoms with Crippen LogP contribution in [0.15, 0.2) is 0 Å². The van der Waals surface area contributed by atoms with Gasteiger partial charge in [0.2, 0.25) is 0 Å². The minimum atomic E-state index is 0.522. The second-order valence-electron chi connectivity index (χ2n) is 3.84. The van der Waals surface area contributed by atoms with Gasteiger partial charge >= 0.3 is 0 Å². The highest BCUT2D eigenvalue weighted by molar-refractivity contribution is 4.90. The Morgan fingerprint density at radius 1 is 1.64 bits per heavy atom. The molecular formula is C9H17N5. The van der Waals surface area contributed by atoms with Gasteiger partial charge in [0.1, 0.15) is 5.82 Å². The maximum Gasteiger partial charge on any atom is 0.164 e. The third kappa shape index (κ3) is 1.93. The number of aromatic nitrogens is 3. The van der Waals surface area contributed by atoms with Crippen molar-refractivity contribution in [1.82, 2.24) is 20.1 Å². The third-order valence-corrected chi connectivity index (χ3v) is 2.76. The molecule has 5 heteroatoms. The van der Waals surface area contributed by atoms with Crippen molar-refractivity contribution in [3.63, 3.8) is 0 Å². The normalized spacial score (nSPS) is 23.1. The fourth-order valence-electron chi connectivity index (χ4n) is 2.01. The number of nitrogens with zero attached hydrogens (tertiary/aromatic N) is 3. The first kappa shape index (κ1) is 9.61. The van der Waals surface area contributed by atoms with Crippen LogP contribution >= 0.6 is 0 Å². The number of nitrogens with one attached hydrogen (secondary N) is 1. The molecule has 0 spiro atoms. The molecule has 0 amide bonds. The summed E-state index contributed by atoms with van der Waals surface area (Å²) in [5.41, 5.74) is 5.69. The van der Waals surface area contributed by atoms with Gasteiger partial charge in [0.25, 0.3) is 0 Å². The quantitative estimate of drug-likeness (QED) is 0.714. The largest absolute Gasteiger partial charge is 0.329 e. The maximum absolute atomic E-state index is 5.69. The summed E-state index contributed by atoms with van der Waals surface area (Å²) in [7, 11) is 0. The lowest BCUT2D eigenvalue weighted by Gasteiger charge is -2.21. The Bertz CT molecular complexity index is 295. The van der Waals surface area contributed by atoms with Crippen LogP contribution in [-0.4, -0.2) is 39.2 Å². The van der Waals surface area contributed by atoms with Gasteiger partial charge in [-0.3, -0.25) is 10.00 Å². The molecule has 1 saturated heterocycles. The fraction of sp³-hybridized carbons (Fsp3) is 0.778. The van der Waals surface area contributed by atoms with Gasteiger partial charge in [0.05, 0.1) is 6.54 Å². The molecule has 2 heterocycles. The van der Waals surface area contributed by atoms with E-state index < -0.39 is 0 Å². The van der Waals surface area contributed by atoms with Gasteiger partial charge in [-0.25, -0.2) is 4.98 Å². The Labute approximate surface area is 83.7 Å². The molecule has 0 saturated carbocycles. The lowest BCUT2D eigenvalue weighted by molar-refractivity contribution is 0.244. The molecule has 1 aliphatic heterocycles. The molecule has 0 radical (unpaired) electrons. The number of rotatable bonds is 3. The van der Waals surface area contributed by atoms with Crippen molar-refractivity contribution < 1.29 is 0 Å². The van der Waals surface area contributed by atoms with Gasteiger partial charge in [0, 0.05) is 12.6 Å². The summed E-state index contributed by atoms with van der Waals surface area (Å²) in [6.07, 6.45) is 2.45. The van der Waals surface area contributed by atoms with E-state index >= 15 is 0 Å². The van der Waals surface area contributed by atoms with E-state index in [9.17, 15) is 0 Å². The molecule has 1 unspecified atom stereocenters. The van der Waals surface area contributed by atoms with Crippen LogP contribution in [0.1, 0.15) is 24.5 Å². The number of likely N-dealkylation sites (tertiary alicyclic amines) is 1. The van der Waals surface area contributed by atoms with Crippen LogP contribution in [0.5, 0.6) is 0 Å². The van der Waals surface area contributed by atoms with E-state index in [1.807, 2.05) is 6.92 Å². The lowest BCUT2D eigenvalue weighted by atomic mass is 10.2. The highest BCUT2D eigenvalue weighted by atomic mass is 15.3. The Balaban J connectivity index is 1.96.